The van der Waals surface area contributed by atoms with Gasteiger partial charge in [0.2, 0.25) is 0 Å². The van der Waals surface area contributed by atoms with Crippen LogP contribution in [0.15, 0.2) is 42.0 Å². The smallest absolute Gasteiger partial charge is 0.263 e. The van der Waals surface area contributed by atoms with Gasteiger partial charge in [0.25, 0.3) is 5.91 Å². The first-order valence-electron chi connectivity index (χ1n) is 7.70. The highest BCUT2D eigenvalue weighted by Crippen LogP contribution is 2.42. The zero-order valence-electron chi connectivity index (χ0n) is 12.7. The molecule has 0 radical (unpaired) electrons. The number of ether oxygens (including phenoxy) is 2. The Morgan fingerprint density at radius 2 is 2.43 bits per heavy atom. The number of carbonyl (C=O) groups excluding carboxylic acids is 1. The second-order valence-electron chi connectivity index (χ2n) is 6.21. The van der Waals surface area contributed by atoms with Crippen LogP contribution in [0.2, 0.25) is 0 Å². The molecule has 0 N–H and O–H groups in total. The molecule has 2 fully saturated rings. The quantitative estimate of drug-likeness (QED) is 0.863. The van der Waals surface area contributed by atoms with Gasteiger partial charge in [-0.2, -0.15) is 0 Å². The number of hydrogen-bond donors (Lipinski definition) is 0. The second kappa shape index (κ2) is 5.94. The molecular formula is C17H18N2O3S. The summed E-state index contributed by atoms with van der Waals surface area (Å²) in [7, 11) is 0. The van der Waals surface area contributed by atoms with Crippen molar-refractivity contribution >= 4 is 17.2 Å². The van der Waals surface area contributed by atoms with Gasteiger partial charge < -0.3 is 14.4 Å². The molecule has 2 aromatic rings. The number of likely N-dealkylation sites (tertiary alicyclic amines) is 1. The van der Waals surface area contributed by atoms with E-state index in [1.54, 1.807) is 12.4 Å². The van der Waals surface area contributed by atoms with Crippen molar-refractivity contribution in [2.75, 3.05) is 32.9 Å². The molecule has 2 aliphatic heterocycles. The first-order valence-corrected chi connectivity index (χ1v) is 8.58. The number of amides is 1. The van der Waals surface area contributed by atoms with Crippen molar-refractivity contribution in [3.05, 3.63) is 46.9 Å². The third kappa shape index (κ3) is 2.72. The van der Waals surface area contributed by atoms with Crippen LogP contribution in [-0.4, -0.2) is 48.7 Å². The van der Waals surface area contributed by atoms with Gasteiger partial charge in [0.1, 0.15) is 5.75 Å². The molecule has 2 saturated heterocycles. The van der Waals surface area contributed by atoms with Gasteiger partial charge in [0.15, 0.2) is 0 Å². The summed E-state index contributed by atoms with van der Waals surface area (Å²) in [4.78, 5) is 19.4. The molecule has 0 saturated carbocycles. The van der Waals surface area contributed by atoms with Gasteiger partial charge in [-0.15, -0.1) is 11.3 Å². The van der Waals surface area contributed by atoms with E-state index in [-0.39, 0.29) is 11.3 Å². The largest absolute Gasteiger partial charge is 0.491 e. The maximum atomic E-state index is 12.6. The SMILES string of the molecule is O=C(c1cccs1)N1C[C@@H]2COC[C@@]2(COc2cccnc2)C1. The fourth-order valence-electron chi connectivity index (χ4n) is 3.41. The number of aromatic nitrogens is 1. The minimum Gasteiger partial charge on any atom is -0.491 e. The number of hydrogen-bond acceptors (Lipinski definition) is 5. The Hall–Kier alpha value is -1.92. The van der Waals surface area contributed by atoms with E-state index in [2.05, 4.69) is 4.98 Å². The van der Waals surface area contributed by atoms with Gasteiger partial charge in [0.05, 0.1) is 36.3 Å². The summed E-state index contributed by atoms with van der Waals surface area (Å²) in [6, 6.07) is 7.56. The molecule has 4 rings (SSSR count). The molecule has 1 amide bonds. The number of fused-ring (bicyclic) bond motifs is 1. The van der Waals surface area contributed by atoms with Crippen LogP contribution in [0.3, 0.4) is 0 Å². The minimum atomic E-state index is -0.108. The number of rotatable bonds is 4. The standard InChI is InChI=1S/C17H18N2O3S/c20-16(15-4-2-6-23-15)19-8-13-9-21-11-17(13,10-19)12-22-14-3-1-5-18-7-14/h1-7,13H,8-12H2/t13-,17-/m1/s1. The summed E-state index contributed by atoms with van der Waals surface area (Å²) in [5.74, 6) is 1.22. The zero-order valence-corrected chi connectivity index (χ0v) is 13.5. The van der Waals surface area contributed by atoms with Crippen molar-refractivity contribution in [1.29, 1.82) is 0 Å². The average molecular weight is 330 g/mol. The van der Waals surface area contributed by atoms with Gasteiger partial charge in [-0.05, 0) is 23.6 Å². The monoisotopic (exact) mass is 330 g/mol. The highest BCUT2D eigenvalue weighted by Gasteiger charge is 2.52. The van der Waals surface area contributed by atoms with Crippen molar-refractivity contribution in [3.63, 3.8) is 0 Å². The summed E-state index contributed by atoms with van der Waals surface area (Å²) in [6.45, 7) is 3.33. The lowest BCUT2D eigenvalue weighted by Crippen LogP contribution is -2.38. The molecule has 2 atom stereocenters. The van der Waals surface area contributed by atoms with Crippen molar-refractivity contribution in [2.24, 2.45) is 11.3 Å². The molecule has 0 bridgehead atoms. The predicted octanol–water partition coefficient (Wildman–Crippen LogP) is 2.31. The van der Waals surface area contributed by atoms with Gasteiger partial charge in [-0.25, -0.2) is 0 Å². The summed E-state index contributed by atoms with van der Waals surface area (Å²) < 4.78 is 11.6. The topological polar surface area (TPSA) is 51.7 Å². The van der Waals surface area contributed by atoms with Crippen LogP contribution in [0.25, 0.3) is 0 Å². The number of carbonyl (C=O) groups is 1. The van der Waals surface area contributed by atoms with E-state index in [1.807, 2.05) is 34.5 Å². The number of thiophene rings is 1. The molecule has 0 aromatic carbocycles. The predicted molar refractivity (Wildman–Crippen MR) is 86.7 cm³/mol. The Balaban J connectivity index is 1.47. The van der Waals surface area contributed by atoms with E-state index in [1.165, 1.54) is 11.3 Å². The van der Waals surface area contributed by atoms with Gasteiger partial charge in [-0.3, -0.25) is 9.78 Å². The first kappa shape index (κ1) is 14.7. The van der Waals surface area contributed by atoms with E-state index < -0.39 is 0 Å². The van der Waals surface area contributed by atoms with Crippen LogP contribution < -0.4 is 4.74 Å². The normalized spacial score (nSPS) is 26.3. The van der Waals surface area contributed by atoms with Crippen LogP contribution in [0.1, 0.15) is 9.67 Å². The third-order valence-corrected chi connectivity index (χ3v) is 5.56. The zero-order chi connectivity index (χ0) is 15.7. The van der Waals surface area contributed by atoms with Gasteiger partial charge in [-0.1, -0.05) is 6.07 Å². The van der Waals surface area contributed by atoms with Crippen molar-refractivity contribution in [2.45, 2.75) is 0 Å². The molecule has 0 spiro atoms. The number of pyridine rings is 1. The van der Waals surface area contributed by atoms with Crippen LogP contribution >= 0.6 is 11.3 Å². The molecule has 2 aromatic heterocycles. The molecule has 4 heterocycles. The molecule has 5 nitrogen and oxygen atoms in total. The molecule has 0 unspecified atom stereocenters. The van der Waals surface area contributed by atoms with Crippen molar-refractivity contribution < 1.29 is 14.3 Å². The Labute approximate surface area is 138 Å². The lowest BCUT2D eigenvalue weighted by molar-refractivity contribution is 0.0663. The lowest BCUT2D eigenvalue weighted by Gasteiger charge is -2.26. The molecule has 0 aliphatic carbocycles. The Morgan fingerprint density at radius 3 is 3.22 bits per heavy atom. The van der Waals surface area contributed by atoms with Gasteiger partial charge in [0, 0.05) is 25.2 Å². The average Bonchev–Trinajstić information content (AvgIpc) is 3.29. The summed E-state index contributed by atoms with van der Waals surface area (Å²) in [5, 5.41) is 1.94. The first-order chi connectivity index (χ1) is 11.3. The Bertz CT molecular complexity index is 676. The van der Waals surface area contributed by atoms with E-state index in [0.717, 1.165) is 17.2 Å². The second-order valence-corrected chi connectivity index (χ2v) is 7.16. The fraction of sp³-hybridized carbons (Fsp3) is 0.412. The van der Waals surface area contributed by atoms with E-state index in [0.29, 0.717) is 32.3 Å². The highest BCUT2D eigenvalue weighted by molar-refractivity contribution is 7.12. The number of nitrogens with zero attached hydrogens (tertiary/aromatic N) is 2. The summed E-state index contributed by atoms with van der Waals surface area (Å²) in [5.41, 5.74) is -0.108. The van der Waals surface area contributed by atoms with Crippen LogP contribution in [0, 0.1) is 11.3 Å². The fourth-order valence-corrected chi connectivity index (χ4v) is 4.10. The van der Waals surface area contributed by atoms with E-state index >= 15 is 0 Å². The van der Waals surface area contributed by atoms with Crippen LogP contribution in [0.4, 0.5) is 0 Å². The van der Waals surface area contributed by atoms with Crippen LogP contribution in [-0.2, 0) is 4.74 Å². The molecule has 120 valence electrons. The lowest BCUT2D eigenvalue weighted by atomic mass is 9.82. The van der Waals surface area contributed by atoms with Crippen molar-refractivity contribution in [3.8, 4) is 5.75 Å². The van der Waals surface area contributed by atoms with E-state index in [9.17, 15) is 4.79 Å². The molecule has 2 aliphatic rings. The van der Waals surface area contributed by atoms with E-state index in [4.69, 9.17) is 9.47 Å². The maximum absolute atomic E-state index is 12.6. The Morgan fingerprint density at radius 1 is 1.48 bits per heavy atom. The summed E-state index contributed by atoms with van der Waals surface area (Å²) >= 11 is 1.49. The van der Waals surface area contributed by atoms with Crippen molar-refractivity contribution in [1.82, 2.24) is 9.88 Å². The van der Waals surface area contributed by atoms with Crippen LogP contribution in [0.5, 0.6) is 5.75 Å². The highest BCUT2D eigenvalue weighted by atomic mass is 32.1. The van der Waals surface area contributed by atoms with Gasteiger partial charge >= 0.3 is 0 Å². The maximum Gasteiger partial charge on any atom is 0.263 e. The molecular weight excluding hydrogens is 312 g/mol. The minimum absolute atomic E-state index is 0.108. The third-order valence-electron chi connectivity index (χ3n) is 4.70. The molecule has 6 heteroatoms. The Kier molecular flexibility index (Phi) is 3.79. The summed E-state index contributed by atoms with van der Waals surface area (Å²) in [6.07, 6.45) is 3.44. The molecule has 23 heavy (non-hydrogen) atoms.